The summed E-state index contributed by atoms with van der Waals surface area (Å²) in [6, 6.07) is 2.31. The van der Waals surface area contributed by atoms with Crippen LogP contribution in [0.15, 0.2) is 0 Å². The summed E-state index contributed by atoms with van der Waals surface area (Å²) in [6.45, 7) is 8.09. The van der Waals surface area contributed by atoms with Crippen LogP contribution in [0.4, 0.5) is 0 Å². The number of nitriles is 1. The van der Waals surface area contributed by atoms with E-state index >= 15 is 0 Å². The number of rotatable bonds is 9. The van der Waals surface area contributed by atoms with Crippen LogP contribution in [-0.4, -0.2) is 37.5 Å². The summed E-state index contributed by atoms with van der Waals surface area (Å²) in [4.78, 5) is 13.5. The zero-order valence-electron chi connectivity index (χ0n) is 12.3. The second-order valence-corrected chi connectivity index (χ2v) is 5.54. The fourth-order valence-corrected chi connectivity index (χ4v) is 1.65. The summed E-state index contributed by atoms with van der Waals surface area (Å²) in [5, 5.41) is 11.8. The first-order chi connectivity index (χ1) is 8.41. The van der Waals surface area contributed by atoms with Gasteiger partial charge in [-0.3, -0.25) is 9.69 Å². The first-order valence-electron chi connectivity index (χ1n) is 6.78. The Labute approximate surface area is 111 Å². The van der Waals surface area contributed by atoms with Gasteiger partial charge in [-0.05, 0) is 46.7 Å². The predicted octanol–water partition coefficient (Wildman–Crippen LogP) is 2.16. The molecule has 1 N–H and O–H groups in total. The Kier molecular flexibility index (Phi) is 8.40. The molecule has 0 saturated heterocycles. The first kappa shape index (κ1) is 16.9. The molecule has 0 fully saturated rings. The largest absolute Gasteiger partial charge is 0.355 e. The molecule has 18 heavy (non-hydrogen) atoms. The van der Waals surface area contributed by atoms with Crippen LogP contribution in [0, 0.1) is 16.7 Å². The Morgan fingerprint density at radius 1 is 1.39 bits per heavy atom. The van der Waals surface area contributed by atoms with Crippen LogP contribution in [-0.2, 0) is 4.79 Å². The molecule has 0 unspecified atom stereocenters. The molecule has 0 aromatic carbocycles. The van der Waals surface area contributed by atoms with Gasteiger partial charge in [-0.25, -0.2) is 0 Å². The Hall–Kier alpha value is -1.08. The molecule has 0 saturated carbocycles. The lowest BCUT2D eigenvalue weighted by Gasteiger charge is -2.18. The number of likely N-dealkylation sites (N-methyl/N-ethyl adjacent to an activating group) is 1. The van der Waals surface area contributed by atoms with Crippen molar-refractivity contribution in [2.75, 3.05) is 26.7 Å². The molecule has 4 nitrogen and oxygen atoms in total. The van der Waals surface area contributed by atoms with E-state index in [0.29, 0.717) is 6.54 Å². The molecule has 0 spiro atoms. The van der Waals surface area contributed by atoms with Gasteiger partial charge in [0.05, 0.1) is 18.0 Å². The highest BCUT2D eigenvalue weighted by molar-refractivity contribution is 5.77. The molecular weight excluding hydrogens is 226 g/mol. The number of nitrogens with zero attached hydrogens (tertiary/aromatic N) is 2. The molecule has 0 radical (unpaired) electrons. The van der Waals surface area contributed by atoms with E-state index in [0.717, 1.165) is 38.8 Å². The van der Waals surface area contributed by atoms with Crippen molar-refractivity contribution in [2.45, 2.75) is 46.5 Å². The Balaban J connectivity index is 3.63. The van der Waals surface area contributed by atoms with Gasteiger partial charge in [0.2, 0.25) is 5.91 Å². The summed E-state index contributed by atoms with van der Waals surface area (Å²) in [5.41, 5.74) is -0.225. The minimum absolute atomic E-state index is 0.0942. The standard InChI is InChI=1S/C14H27N3O/c1-5-9-16-13(18)11-17(4)10-7-6-8-14(2,3)12-15/h5-11H2,1-4H3,(H,16,18). The number of unbranched alkanes of at least 4 members (excludes halogenated alkanes) is 1. The molecule has 0 aliphatic heterocycles. The van der Waals surface area contributed by atoms with Gasteiger partial charge < -0.3 is 5.32 Å². The quantitative estimate of drug-likeness (QED) is 0.641. The van der Waals surface area contributed by atoms with Crippen LogP contribution < -0.4 is 5.32 Å². The fraction of sp³-hybridized carbons (Fsp3) is 0.857. The molecule has 0 aliphatic carbocycles. The van der Waals surface area contributed by atoms with Crippen molar-refractivity contribution in [1.82, 2.24) is 10.2 Å². The van der Waals surface area contributed by atoms with Gasteiger partial charge >= 0.3 is 0 Å². The monoisotopic (exact) mass is 253 g/mol. The van der Waals surface area contributed by atoms with E-state index in [2.05, 4.69) is 11.4 Å². The van der Waals surface area contributed by atoms with Gasteiger partial charge in [0.25, 0.3) is 0 Å². The van der Waals surface area contributed by atoms with Crippen LogP contribution in [0.2, 0.25) is 0 Å². The Morgan fingerprint density at radius 3 is 2.61 bits per heavy atom. The highest BCUT2D eigenvalue weighted by Crippen LogP contribution is 2.21. The third kappa shape index (κ3) is 9.00. The van der Waals surface area contributed by atoms with E-state index < -0.39 is 0 Å². The summed E-state index contributed by atoms with van der Waals surface area (Å²) < 4.78 is 0. The van der Waals surface area contributed by atoms with Gasteiger partial charge in [0.15, 0.2) is 0 Å². The highest BCUT2D eigenvalue weighted by Gasteiger charge is 2.15. The van der Waals surface area contributed by atoms with E-state index in [4.69, 9.17) is 5.26 Å². The van der Waals surface area contributed by atoms with Crippen molar-refractivity contribution in [3.8, 4) is 6.07 Å². The topological polar surface area (TPSA) is 56.1 Å². The number of carbonyl (C=O) groups is 1. The maximum atomic E-state index is 11.5. The molecule has 0 rings (SSSR count). The van der Waals surface area contributed by atoms with Gasteiger partial charge in [-0.15, -0.1) is 0 Å². The molecule has 0 aliphatic rings. The van der Waals surface area contributed by atoms with Crippen molar-refractivity contribution in [3.63, 3.8) is 0 Å². The molecule has 1 amide bonds. The van der Waals surface area contributed by atoms with Gasteiger partial charge in [-0.1, -0.05) is 13.3 Å². The fourth-order valence-electron chi connectivity index (χ4n) is 1.65. The van der Waals surface area contributed by atoms with Gasteiger partial charge in [-0.2, -0.15) is 5.26 Å². The summed E-state index contributed by atoms with van der Waals surface area (Å²) in [6.07, 6.45) is 3.95. The van der Waals surface area contributed by atoms with Gasteiger partial charge in [0, 0.05) is 6.54 Å². The Bertz CT molecular complexity index is 281. The number of nitrogens with one attached hydrogen (secondary N) is 1. The van der Waals surface area contributed by atoms with Crippen molar-refractivity contribution >= 4 is 5.91 Å². The molecule has 0 bridgehead atoms. The number of carbonyl (C=O) groups excluding carboxylic acids is 1. The maximum Gasteiger partial charge on any atom is 0.234 e. The second-order valence-electron chi connectivity index (χ2n) is 5.54. The second kappa shape index (κ2) is 8.93. The van der Waals surface area contributed by atoms with Crippen LogP contribution >= 0.6 is 0 Å². The minimum Gasteiger partial charge on any atom is -0.355 e. The normalized spacial score (nSPS) is 11.3. The smallest absolute Gasteiger partial charge is 0.234 e. The van der Waals surface area contributed by atoms with Crippen molar-refractivity contribution in [3.05, 3.63) is 0 Å². The molecule has 0 heterocycles. The SMILES string of the molecule is CCCNC(=O)CN(C)CCCCC(C)(C)C#N. The summed E-state index contributed by atoms with van der Waals surface area (Å²) in [7, 11) is 1.96. The van der Waals surface area contributed by atoms with Crippen LogP contribution in [0.25, 0.3) is 0 Å². The van der Waals surface area contributed by atoms with E-state index in [1.165, 1.54) is 0 Å². The lowest BCUT2D eigenvalue weighted by molar-refractivity contribution is -0.121. The zero-order chi connectivity index (χ0) is 14.0. The highest BCUT2D eigenvalue weighted by atomic mass is 16.1. The lowest BCUT2D eigenvalue weighted by atomic mass is 9.89. The molecule has 104 valence electrons. The summed E-state index contributed by atoms with van der Waals surface area (Å²) >= 11 is 0. The van der Waals surface area contributed by atoms with E-state index in [1.54, 1.807) is 0 Å². The van der Waals surface area contributed by atoms with E-state index in [-0.39, 0.29) is 11.3 Å². The Morgan fingerprint density at radius 2 is 2.06 bits per heavy atom. The third-order valence-electron chi connectivity index (χ3n) is 2.88. The average Bonchev–Trinajstić information content (AvgIpc) is 2.32. The lowest BCUT2D eigenvalue weighted by Crippen LogP contribution is -2.35. The van der Waals surface area contributed by atoms with Crippen molar-refractivity contribution in [2.24, 2.45) is 5.41 Å². The molecule has 0 aromatic rings. The summed E-state index contributed by atoms with van der Waals surface area (Å²) in [5.74, 6) is 0.0942. The first-order valence-corrected chi connectivity index (χ1v) is 6.78. The zero-order valence-corrected chi connectivity index (χ0v) is 12.3. The van der Waals surface area contributed by atoms with E-state index in [1.807, 2.05) is 32.7 Å². The molecule has 0 atom stereocenters. The third-order valence-corrected chi connectivity index (χ3v) is 2.88. The van der Waals surface area contributed by atoms with Crippen LogP contribution in [0.5, 0.6) is 0 Å². The van der Waals surface area contributed by atoms with E-state index in [9.17, 15) is 4.79 Å². The molecule has 0 aromatic heterocycles. The molecule has 4 heteroatoms. The number of hydrogen-bond acceptors (Lipinski definition) is 3. The number of amides is 1. The van der Waals surface area contributed by atoms with Crippen molar-refractivity contribution in [1.29, 1.82) is 5.26 Å². The number of hydrogen-bond donors (Lipinski definition) is 1. The maximum absolute atomic E-state index is 11.5. The van der Waals surface area contributed by atoms with Crippen LogP contribution in [0.1, 0.15) is 46.5 Å². The van der Waals surface area contributed by atoms with Gasteiger partial charge in [0.1, 0.15) is 0 Å². The van der Waals surface area contributed by atoms with Crippen molar-refractivity contribution < 1.29 is 4.79 Å². The average molecular weight is 253 g/mol. The molecular formula is C14H27N3O. The van der Waals surface area contributed by atoms with Crippen LogP contribution in [0.3, 0.4) is 0 Å². The predicted molar refractivity (Wildman–Crippen MR) is 74.0 cm³/mol. The minimum atomic E-state index is -0.225.